The first-order chi connectivity index (χ1) is 12.8. The minimum absolute atomic E-state index is 0.354. The number of hydrogen-bond donors (Lipinski definition) is 3. The first-order valence-corrected chi connectivity index (χ1v) is 8.98. The molecule has 0 aliphatic carbocycles. The van der Waals surface area contributed by atoms with Crippen LogP contribution >= 0.6 is 0 Å². The van der Waals surface area contributed by atoms with E-state index in [1.807, 2.05) is 0 Å². The van der Waals surface area contributed by atoms with Crippen LogP contribution in [0.4, 0.5) is 17.6 Å². The normalized spacial score (nSPS) is 17.1. The van der Waals surface area contributed by atoms with Gasteiger partial charge in [0, 0.05) is 20.1 Å². The zero-order valence-electron chi connectivity index (χ0n) is 15.3. The quantitative estimate of drug-likeness (QED) is 0.397. The lowest BCUT2D eigenvalue weighted by Gasteiger charge is -2.32. The van der Waals surface area contributed by atoms with Crippen LogP contribution < -0.4 is 10.6 Å². The molecular weight excluding hydrogens is 364 g/mol. The van der Waals surface area contributed by atoms with Crippen molar-refractivity contribution in [3.63, 3.8) is 0 Å². The van der Waals surface area contributed by atoms with E-state index in [-0.39, 0.29) is 5.75 Å². The Morgan fingerprint density at radius 1 is 1.26 bits per heavy atom. The van der Waals surface area contributed by atoms with Crippen LogP contribution in [0.2, 0.25) is 0 Å². The average molecular weight is 390 g/mol. The number of halogens is 4. The van der Waals surface area contributed by atoms with Crippen molar-refractivity contribution < 1.29 is 22.7 Å². The summed E-state index contributed by atoms with van der Waals surface area (Å²) in [5.41, 5.74) is 0.672. The molecule has 1 aliphatic rings. The molecule has 5 nitrogen and oxygen atoms in total. The van der Waals surface area contributed by atoms with Gasteiger partial charge in [0.05, 0.1) is 6.54 Å². The first-order valence-electron chi connectivity index (χ1n) is 8.98. The minimum atomic E-state index is -4.13. The van der Waals surface area contributed by atoms with Gasteiger partial charge >= 0.3 is 6.18 Å². The second-order valence-corrected chi connectivity index (χ2v) is 6.76. The maximum absolute atomic E-state index is 13.3. The Labute approximate surface area is 156 Å². The van der Waals surface area contributed by atoms with Gasteiger partial charge in [-0.1, -0.05) is 6.07 Å². The summed E-state index contributed by atoms with van der Waals surface area (Å²) < 4.78 is 50.5. The zero-order valence-corrected chi connectivity index (χ0v) is 15.3. The predicted octanol–water partition coefficient (Wildman–Crippen LogP) is 2.86. The number of phenols is 1. The SMILES string of the molecule is CN=C(NCCC1CCN(CC(F)(F)F)CC1)NCc1ccc(O)c(F)c1. The molecule has 0 saturated carbocycles. The van der Waals surface area contributed by atoms with Crippen LogP contribution in [0.5, 0.6) is 5.75 Å². The molecule has 1 fully saturated rings. The van der Waals surface area contributed by atoms with E-state index in [0.29, 0.717) is 43.6 Å². The van der Waals surface area contributed by atoms with Crippen molar-refractivity contribution >= 4 is 5.96 Å². The maximum atomic E-state index is 13.3. The highest BCUT2D eigenvalue weighted by Gasteiger charge is 2.32. The average Bonchev–Trinajstić information content (AvgIpc) is 2.61. The van der Waals surface area contributed by atoms with Crippen LogP contribution in [0.3, 0.4) is 0 Å². The lowest BCUT2D eigenvalue weighted by molar-refractivity contribution is -0.148. The topological polar surface area (TPSA) is 59.9 Å². The molecule has 0 spiro atoms. The van der Waals surface area contributed by atoms with E-state index in [1.165, 1.54) is 17.0 Å². The van der Waals surface area contributed by atoms with E-state index in [2.05, 4.69) is 15.6 Å². The fourth-order valence-electron chi connectivity index (χ4n) is 3.15. The number of nitrogens with one attached hydrogen (secondary N) is 2. The predicted molar refractivity (Wildman–Crippen MR) is 96.1 cm³/mol. The zero-order chi connectivity index (χ0) is 19.9. The van der Waals surface area contributed by atoms with Crippen molar-refractivity contribution in [3.05, 3.63) is 29.6 Å². The third kappa shape index (κ3) is 7.62. The summed E-state index contributed by atoms with van der Waals surface area (Å²) in [6.07, 6.45) is -1.76. The van der Waals surface area contributed by atoms with Crippen LogP contribution in [0.15, 0.2) is 23.2 Å². The van der Waals surface area contributed by atoms with Crippen molar-refractivity contribution in [1.82, 2.24) is 15.5 Å². The number of alkyl halides is 3. The lowest BCUT2D eigenvalue weighted by atomic mass is 9.93. The van der Waals surface area contributed by atoms with Crippen molar-refractivity contribution in [2.75, 3.05) is 33.2 Å². The number of piperidine rings is 1. The molecule has 0 unspecified atom stereocenters. The fourth-order valence-corrected chi connectivity index (χ4v) is 3.15. The highest BCUT2D eigenvalue weighted by molar-refractivity contribution is 5.79. The molecular formula is C18H26F4N4O. The Balaban J connectivity index is 1.66. The number of guanidine groups is 1. The van der Waals surface area contributed by atoms with E-state index < -0.39 is 18.5 Å². The smallest absolute Gasteiger partial charge is 0.401 e. The van der Waals surface area contributed by atoms with Crippen molar-refractivity contribution in [1.29, 1.82) is 0 Å². The highest BCUT2D eigenvalue weighted by Crippen LogP contribution is 2.24. The molecule has 1 aromatic carbocycles. The molecule has 0 amide bonds. The Morgan fingerprint density at radius 2 is 1.96 bits per heavy atom. The fraction of sp³-hybridized carbons (Fsp3) is 0.611. The molecule has 3 N–H and O–H groups in total. The monoisotopic (exact) mass is 390 g/mol. The first kappa shape index (κ1) is 21.3. The van der Waals surface area contributed by atoms with Gasteiger partial charge in [-0.3, -0.25) is 9.89 Å². The molecule has 9 heteroatoms. The van der Waals surface area contributed by atoms with Crippen LogP contribution in [0, 0.1) is 11.7 Å². The van der Waals surface area contributed by atoms with Crippen molar-refractivity contribution in [3.8, 4) is 5.75 Å². The summed E-state index contributed by atoms with van der Waals surface area (Å²) in [6.45, 7) is 1.14. The second kappa shape index (κ2) is 9.77. The summed E-state index contributed by atoms with van der Waals surface area (Å²) >= 11 is 0. The van der Waals surface area contributed by atoms with Gasteiger partial charge in [-0.05, 0) is 56.0 Å². The van der Waals surface area contributed by atoms with Gasteiger partial charge in [0.25, 0.3) is 0 Å². The molecule has 0 atom stereocenters. The second-order valence-electron chi connectivity index (χ2n) is 6.76. The summed E-state index contributed by atoms with van der Waals surface area (Å²) in [4.78, 5) is 5.56. The number of hydrogen-bond acceptors (Lipinski definition) is 3. The van der Waals surface area contributed by atoms with E-state index in [9.17, 15) is 22.7 Å². The van der Waals surface area contributed by atoms with E-state index in [0.717, 1.165) is 19.3 Å². The van der Waals surface area contributed by atoms with E-state index in [4.69, 9.17) is 0 Å². The molecule has 0 aromatic heterocycles. The molecule has 2 rings (SSSR count). The largest absolute Gasteiger partial charge is 0.505 e. The number of benzene rings is 1. The van der Waals surface area contributed by atoms with Crippen molar-refractivity contribution in [2.24, 2.45) is 10.9 Å². The molecule has 1 aliphatic heterocycles. The van der Waals surface area contributed by atoms with Gasteiger partial charge in [-0.2, -0.15) is 13.2 Å². The van der Waals surface area contributed by atoms with E-state index >= 15 is 0 Å². The minimum Gasteiger partial charge on any atom is -0.505 e. The van der Waals surface area contributed by atoms with Gasteiger partial charge in [-0.25, -0.2) is 4.39 Å². The Morgan fingerprint density at radius 3 is 2.56 bits per heavy atom. The van der Waals surface area contributed by atoms with Gasteiger partial charge in [0.2, 0.25) is 0 Å². The Bertz CT molecular complexity index is 628. The molecule has 0 radical (unpaired) electrons. The highest BCUT2D eigenvalue weighted by atomic mass is 19.4. The van der Waals surface area contributed by atoms with Gasteiger partial charge in [-0.15, -0.1) is 0 Å². The molecule has 1 saturated heterocycles. The molecule has 1 aromatic rings. The Hall–Kier alpha value is -2.03. The molecule has 152 valence electrons. The standard InChI is InChI=1S/C18H26F4N4O/c1-23-17(25-11-14-2-3-16(27)15(19)10-14)24-7-4-13-5-8-26(9-6-13)12-18(20,21)22/h2-3,10,13,27H,4-9,11-12H2,1H3,(H2,23,24,25). The number of likely N-dealkylation sites (tertiary alicyclic amines) is 1. The van der Waals surface area contributed by atoms with Crippen LogP contribution in [0.1, 0.15) is 24.8 Å². The van der Waals surface area contributed by atoms with E-state index in [1.54, 1.807) is 13.1 Å². The van der Waals surface area contributed by atoms with Crippen LogP contribution in [-0.2, 0) is 6.54 Å². The molecule has 1 heterocycles. The summed E-state index contributed by atoms with van der Waals surface area (Å²) in [5, 5.41) is 15.4. The van der Waals surface area contributed by atoms with Gasteiger partial charge in [0.1, 0.15) is 0 Å². The number of rotatable bonds is 6. The maximum Gasteiger partial charge on any atom is 0.401 e. The summed E-state index contributed by atoms with van der Waals surface area (Å²) in [6, 6.07) is 4.17. The lowest BCUT2D eigenvalue weighted by Crippen LogP contribution is -2.41. The number of nitrogens with zero attached hydrogens (tertiary/aromatic N) is 2. The van der Waals surface area contributed by atoms with Crippen molar-refractivity contribution in [2.45, 2.75) is 32.0 Å². The third-order valence-corrected chi connectivity index (χ3v) is 4.65. The number of aliphatic imine (C=N–C) groups is 1. The number of phenolic OH excluding ortho intramolecular Hbond substituents is 1. The number of aromatic hydroxyl groups is 1. The van der Waals surface area contributed by atoms with Crippen LogP contribution in [0.25, 0.3) is 0 Å². The molecule has 27 heavy (non-hydrogen) atoms. The summed E-state index contributed by atoms with van der Waals surface area (Å²) in [5.74, 6) is -0.0964. The Kier molecular flexibility index (Phi) is 7.70. The molecule has 0 bridgehead atoms. The van der Waals surface area contributed by atoms with Gasteiger partial charge < -0.3 is 15.7 Å². The third-order valence-electron chi connectivity index (χ3n) is 4.65. The van der Waals surface area contributed by atoms with Gasteiger partial charge in [0.15, 0.2) is 17.5 Å². The van der Waals surface area contributed by atoms with Crippen LogP contribution in [-0.4, -0.2) is 55.4 Å². The summed E-state index contributed by atoms with van der Waals surface area (Å²) in [7, 11) is 1.63.